The number of aromatic amines is 1. The lowest BCUT2D eigenvalue weighted by molar-refractivity contribution is -0.137. The van der Waals surface area contributed by atoms with Gasteiger partial charge in [0.2, 0.25) is 0 Å². The monoisotopic (exact) mass is 235 g/mol. The lowest BCUT2D eigenvalue weighted by Gasteiger charge is -2.02. The van der Waals surface area contributed by atoms with Crippen LogP contribution in [-0.4, -0.2) is 27.1 Å². The average Bonchev–Trinajstić information content (AvgIpc) is 2.76. The van der Waals surface area contributed by atoms with Gasteiger partial charge in [0, 0.05) is 35.7 Å². The minimum Gasteiger partial charge on any atom is -0.481 e. The summed E-state index contributed by atoms with van der Waals surface area (Å²) >= 11 is 0. The summed E-state index contributed by atoms with van der Waals surface area (Å²) in [5.74, 6) is -4.47. The Hall–Kier alpha value is -1.82. The van der Waals surface area contributed by atoms with Crippen molar-refractivity contribution < 1.29 is 32.1 Å². The number of carbonyl (C=O) groups is 2. The average molecular weight is 235 g/mol. The second kappa shape index (κ2) is 5.32. The van der Waals surface area contributed by atoms with Gasteiger partial charge in [-0.05, 0) is 17.5 Å². The van der Waals surface area contributed by atoms with Gasteiger partial charge < -0.3 is 20.9 Å². The first-order valence-electron chi connectivity index (χ1n) is 8.39. The molecule has 0 radical (unpaired) electrons. The zero-order chi connectivity index (χ0) is 20.2. The summed E-state index contributed by atoms with van der Waals surface area (Å²) < 4.78 is 68.0. The summed E-state index contributed by atoms with van der Waals surface area (Å²) in [7, 11) is 0. The third-order valence-electron chi connectivity index (χ3n) is 1.48. The van der Waals surface area contributed by atoms with Crippen LogP contribution in [0, 0.1) is 0 Å². The molecule has 0 amide bonds. The fourth-order valence-electron chi connectivity index (χ4n) is 0.925. The summed E-state index contributed by atoms with van der Waals surface area (Å²) in [5.41, 5.74) is 1.61. The van der Waals surface area contributed by atoms with Crippen LogP contribution in [0.2, 0.25) is 0 Å². The standard InChI is InChI=1S/C10H14N2O4/c11-4-8-7(3-10(15)16)6(5-12-8)1-2-9(13)14/h5,12H,1-4,11H2,(H,13,14)(H,15,16)/i1D2,2D2,3D2,4D2,5D. The zero-order valence-corrected chi connectivity index (χ0v) is 7.79. The smallest absolute Gasteiger partial charge is 0.307 e. The first kappa shape index (κ1) is 4.58. The fraction of sp³-hybridized carbons (Fsp3) is 0.400. The van der Waals surface area contributed by atoms with Crippen molar-refractivity contribution in [3.63, 3.8) is 0 Å². The van der Waals surface area contributed by atoms with Crippen molar-refractivity contribution >= 4 is 11.9 Å². The SMILES string of the molecule is [2H]c1[nH]c(C([2H])([2H])N)c(C([2H])([2H])C(=O)O)c1C([2H])([2H])C([2H])([2H])C(=O)O. The highest BCUT2D eigenvalue weighted by Gasteiger charge is 2.14. The van der Waals surface area contributed by atoms with Gasteiger partial charge in [0.15, 0.2) is 0 Å². The normalized spacial score (nSPS) is 22.2. The van der Waals surface area contributed by atoms with E-state index in [0.29, 0.717) is 0 Å². The van der Waals surface area contributed by atoms with E-state index >= 15 is 0 Å². The van der Waals surface area contributed by atoms with Gasteiger partial charge >= 0.3 is 11.9 Å². The molecular weight excluding hydrogens is 212 g/mol. The van der Waals surface area contributed by atoms with Gasteiger partial charge in [-0.15, -0.1) is 0 Å². The van der Waals surface area contributed by atoms with E-state index in [9.17, 15) is 9.59 Å². The molecule has 0 aromatic carbocycles. The van der Waals surface area contributed by atoms with E-state index in [1.807, 2.05) is 4.98 Å². The molecule has 0 aliphatic heterocycles. The van der Waals surface area contributed by atoms with Crippen LogP contribution >= 0.6 is 0 Å². The predicted molar refractivity (Wildman–Crippen MR) is 56.0 cm³/mol. The molecule has 6 nitrogen and oxygen atoms in total. The van der Waals surface area contributed by atoms with Gasteiger partial charge in [0.05, 0.1) is 7.74 Å². The number of aliphatic carboxylic acids is 2. The number of nitrogens with two attached hydrogens (primary N) is 1. The van der Waals surface area contributed by atoms with Crippen LogP contribution in [0.4, 0.5) is 0 Å². The minimum absolute atomic E-state index is 1.01. The highest BCUT2D eigenvalue weighted by atomic mass is 16.4. The summed E-state index contributed by atoms with van der Waals surface area (Å²) in [4.78, 5) is 24.2. The van der Waals surface area contributed by atoms with Crippen LogP contribution in [-0.2, 0) is 28.8 Å². The molecule has 1 aromatic rings. The molecular formula is C10H14N2O4. The number of rotatable bonds is 6. The third kappa shape index (κ3) is 3.09. The maximum absolute atomic E-state index is 11.2. The Kier molecular flexibility index (Phi) is 1.52. The molecule has 5 N–H and O–H groups in total. The molecule has 0 aliphatic carbocycles. The molecule has 0 fully saturated rings. The number of carboxylic acids is 2. The van der Waals surface area contributed by atoms with Crippen molar-refractivity contribution in [2.75, 3.05) is 0 Å². The molecule has 0 unspecified atom stereocenters. The van der Waals surface area contributed by atoms with E-state index in [1.54, 1.807) is 0 Å². The summed E-state index contributed by atoms with van der Waals surface area (Å²) in [5, 5.41) is 18.0. The quantitative estimate of drug-likeness (QED) is 0.558. The maximum atomic E-state index is 11.2. The Morgan fingerprint density at radius 3 is 2.69 bits per heavy atom. The van der Waals surface area contributed by atoms with Crippen molar-refractivity contribution in [3.05, 3.63) is 23.0 Å². The molecule has 1 rings (SSSR count). The molecule has 0 atom stereocenters. The summed E-state index contributed by atoms with van der Waals surface area (Å²) in [6.07, 6.45) is -11.9. The van der Waals surface area contributed by atoms with Crippen molar-refractivity contribution in [2.24, 2.45) is 5.73 Å². The Morgan fingerprint density at radius 2 is 2.19 bits per heavy atom. The number of hydrogen-bond donors (Lipinski definition) is 4. The van der Waals surface area contributed by atoms with Crippen LogP contribution in [0.1, 0.15) is 35.5 Å². The van der Waals surface area contributed by atoms with Gasteiger partial charge in [-0.2, -0.15) is 0 Å². The predicted octanol–water partition coefficient (Wildman–Crippen LogP) is 0.118. The summed E-state index contributed by atoms with van der Waals surface area (Å²) in [6, 6.07) is 0. The molecule has 0 saturated heterocycles. The summed E-state index contributed by atoms with van der Waals surface area (Å²) in [6.45, 7) is -2.95. The highest BCUT2D eigenvalue weighted by Crippen LogP contribution is 2.16. The third-order valence-corrected chi connectivity index (χ3v) is 1.48. The van der Waals surface area contributed by atoms with E-state index in [-0.39, 0.29) is 0 Å². The van der Waals surface area contributed by atoms with E-state index in [0.717, 1.165) is 0 Å². The first-order chi connectivity index (χ1) is 10.9. The molecule has 0 aliphatic rings. The molecule has 1 aromatic heterocycles. The van der Waals surface area contributed by atoms with Gasteiger partial charge in [0.1, 0.15) is 0 Å². The van der Waals surface area contributed by atoms with Crippen LogP contribution in [0.3, 0.4) is 0 Å². The lowest BCUT2D eigenvalue weighted by Crippen LogP contribution is -2.08. The number of carboxylic acid groups (broad SMARTS) is 2. The molecule has 1 heterocycles. The first-order valence-corrected chi connectivity index (χ1v) is 3.89. The van der Waals surface area contributed by atoms with E-state index < -0.39 is 60.5 Å². The second-order valence-electron chi connectivity index (χ2n) is 2.50. The lowest BCUT2D eigenvalue weighted by atomic mass is 10.0. The van der Waals surface area contributed by atoms with Crippen molar-refractivity contribution in [3.8, 4) is 0 Å². The molecule has 0 spiro atoms. The number of hydrogen-bond acceptors (Lipinski definition) is 3. The molecule has 0 bridgehead atoms. The largest absolute Gasteiger partial charge is 0.481 e. The Labute approximate surface area is 105 Å². The van der Waals surface area contributed by atoms with Gasteiger partial charge in [0.25, 0.3) is 0 Å². The zero-order valence-electron chi connectivity index (χ0n) is 16.8. The number of H-pyrrole nitrogens is 1. The second-order valence-corrected chi connectivity index (χ2v) is 2.50. The van der Waals surface area contributed by atoms with E-state index in [4.69, 9.17) is 28.3 Å². The van der Waals surface area contributed by atoms with Gasteiger partial charge in [-0.1, -0.05) is 0 Å². The maximum Gasteiger partial charge on any atom is 0.307 e. The minimum atomic E-state index is -3.69. The molecule has 0 saturated carbocycles. The van der Waals surface area contributed by atoms with Crippen LogP contribution in [0.25, 0.3) is 0 Å². The Bertz CT molecular complexity index is 723. The van der Waals surface area contributed by atoms with Crippen LogP contribution < -0.4 is 5.73 Å². The van der Waals surface area contributed by atoms with Gasteiger partial charge in [-0.3, -0.25) is 9.59 Å². The van der Waals surface area contributed by atoms with Crippen molar-refractivity contribution in [2.45, 2.75) is 25.6 Å². The van der Waals surface area contributed by atoms with E-state index in [2.05, 4.69) is 0 Å². The highest BCUT2D eigenvalue weighted by molar-refractivity contribution is 5.71. The number of nitrogens with one attached hydrogen (secondary N) is 1. The Morgan fingerprint density at radius 1 is 1.50 bits per heavy atom. The molecule has 6 heteroatoms. The van der Waals surface area contributed by atoms with E-state index in [1.165, 1.54) is 0 Å². The van der Waals surface area contributed by atoms with Crippen molar-refractivity contribution in [1.82, 2.24) is 4.98 Å². The van der Waals surface area contributed by atoms with Crippen LogP contribution in [0.5, 0.6) is 0 Å². The van der Waals surface area contributed by atoms with Gasteiger partial charge in [-0.25, -0.2) is 0 Å². The molecule has 16 heavy (non-hydrogen) atoms. The van der Waals surface area contributed by atoms with Crippen molar-refractivity contribution in [1.29, 1.82) is 0 Å². The molecule has 88 valence electrons. The fourth-order valence-corrected chi connectivity index (χ4v) is 0.925. The number of aromatic nitrogens is 1. The Balaban J connectivity index is 4.00. The topological polar surface area (TPSA) is 116 Å². The van der Waals surface area contributed by atoms with Crippen LogP contribution in [0.15, 0.2) is 6.17 Å².